The fourth-order valence-electron chi connectivity index (χ4n) is 3.03. The second-order valence-electron chi connectivity index (χ2n) is 6.27. The minimum absolute atomic E-state index is 0.0510. The van der Waals surface area contributed by atoms with Crippen molar-refractivity contribution < 1.29 is 25.8 Å². The number of benzene rings is 1. The van der Waals surface area contributed by atoms with Crippen LogP contribution in [0.25, 0.3) is 0 Å². The minimum atomic E-state index is -4.17. The average Bonchev–Trinajstić information content (AvgIpc) is 2.44. The Kier molecular flexibility index (Phi) is 5.73. The van der Waals surface area contributed by atoms with Crippen molar-refractivity contribution in [3.8, 4) is 0 Å². The topological polar surface area (TPSA) is 43.4 Å². The Morgan fingerprint density at radius 3 is 2.35 bits per heavy atom. The van der Waals surface area contributed by atoms with Crippen molar-refractivity contribution in [1.82, 2.24) is 0 Å². The highest BCUT2D eigenvalue weighted by molar-refractivity contribution is 7.86. The lowest BCUT2D eigenvalue weighted by atomic mass is 9.80. The van der Waals surface area contributed by atoms with E-state index < -0.39 is 28.6 Å². The molecule has 3 nitrogen and oxygen atoms in total. The summed E-state index contributed by atoms with van der Waals surface area (Å²) in [6.07, 6.45) is -2.67. The van der Waals surface area contributed by atoms with Gasteiger partial charge in [0, 0.05) is 6.42 Å². The van der Waals surface area contributed by atoms with E-state index in [1.54, 1.807) is 12.1 Å². The van der Waals surface area contributed by atoms with Gasteiger partial charge in [-0.05, 0) is 43.7 Å². The number of hydrogen-bond donors (Lipinski definition) is 0. The van der Waals surface area contributed by atoms with Gasteiger partial charge in [-0.15, -0.1) is 0 Å². The van der Waals surface area contributed by atoms with Gasteiger partial charge in [0.1, 0.15) is 0 Å². The molecule has 2 atom stereocenters. The van der Waals surface area contributed by atoms with Gasteiger partial charge < -0.3 is 0 Å². The summed E-state index contributed by atoms with van der Waals surface area (Å²) in [6.45, 7) is 1.80. The fourth-order valence-corrected chi connectivity index (χ4v) is 4.00. The Balaban J connectivity index is 1.90. The summed E-state index contributed by atoms with van der Waals surface area (Å²) in [5, 5.41) is 0. The van der Waals surface area contributed by atoms with E-state index in [1.165, 1.54) is 12.1 Å². The van der Waals surface area contributed by atoms with Crippen LogP contribution < -0.4 is 0 Å². The van der Waals surface area contributed by atoms with Crippen LogP contribution in [0.3, 0.4) is 0 Å². The molecule has 1 fully saturated rings. The van der Waals surface area contributed by atoms with Crippen LogP contribution in [0.2, 0.25) is 0 Å². The van der Waals surface area contributed by atoms with Gasteiger partial charge in [-0.3, -0.25) is 4.18 Å². The van der Waals surface area contributed by atoms with Crippen LogP contribution in [0.5, 0.6) is 0 Å². The first-order valence-electron chi connectivity index (χ1n) is 7.68. The van der Waals surface area contributed by atoms with Gasteiger partial charge in [0.15, 0.2) is 0 Å². The maximum atomic E-state index is 12.5. The molecule has 0 aliphatic heterocycles. The van der Waals surface area contributed by atoms with Crippen molar-refractivity contribution >= 4 is 10.1 Å². The first-order chi connectivity index (χ1) is 10.7. The molecule has 130 valence electrons. The lowest BCUT2D eigenvalue weighted by Gasteiger charge is -2.29. The summed E-state index contributed by atoms with van der Waals surface area (Å²) in [5.74, 6) is -0.573. The molecule has 1 aliphatic carbocycles. The maximum absolute atomic E-state index is 12.5. The number of halogens is 3. The zero-order chi connectivity index (χ0) is 17.1. The van der Waals surface area contributed by atoms with Crippen molar-refractivity contribution in [2.75, 3.05) is 6.61 Å². The number of alkyl halides is 3. The van der Waals surface area contributed by atoms with Crippen molar-refractivity contribution in [3.05, 3.63) is 29.8 Å². The first-order valence-corrected chi connectivity index (χ1v) is 9.09. The van der Waals surface area contributed by atoms with E-state index in [0.29, 0.717) is 25.7 Å². The molecule has 2 unspecified atom stereocenters. The highest BCUT2D eigenvalue weighted by Gasteiger charge is 2.34. The summed E-state index contributed by atoms with van der Waals surface area (Å²) in [6, 6.07) is 6.29. The second kappa shape index (κ2) is 7.21. The molecule has 1 aromatic rings. The lowest BCUT2D eigenvalue weighted by Crippen LogP contribution is -2.25. The largest absolute Gasteiger partial charge is 0.389 e. The van der Waals surface area contributed by atoms with Gasteiger partial charge >= 0.3 is 6.18 Å². The van der Waals surface area contributed by atoms with Gasteiger partial charge in [-0.1, -0.05) is 30.5 Å². The maximum Gasteiger partial charge on any atom is 0.389 e. The van der Waals surface area contributed by atoms with Crippen LogP contribution in [0, 0.1) is 18.8 Å². The standard InChI is InChI=1S/C16H21F3O3S/c1-12-5-7-15(8-6-12)23(20,21)22-11-14-4-2-3-13(9-14)10-16(17,18)19/h5-8,13-14H,2-4,9-11H2,1H3. The Labute approximate surface area is 135 Å². The van der Waals surface area contributed by atoms with Crippen molar-refractivity contribution in [1.29, 1.82) is 0 Å². The molecular weight excluding hydrogens is 329 g/mol. The van der Waals surface area contributed by atoms with E-state index >= 15 is 0 Å². The van der Waals surface area contributed by atoms with E-state index in [9.17, 15) is 21.6 Å². The molecule has 1 saturated carbocycles. The van der Waals surface area contributed by atoms with Crippen LogP contribution in [0.4, 0.5) is 13.2 Å². The SMILES string of the molecule is Cc1ccc(S(=O)(=O)OCC2CCCC(CC(F)(F)F)C2)cc1. The molecule has 1 aliphatic rings. The van der Waals surface area contributed by atoms with E-state index in [2.05, 4.69) is 0 Å². The quantitative estimate of drug-likeness (QED) is 0.737. The number of rotatable bonds is 5. The summed E-state index contributed by atoms with van der Waals surface area (Å²) in [4.78, 5) is 0.0748. The lowest BCUT2D eigenvalue weighted by molar-refractivity contribution is -0.147. The molecule has 0 aromatic heterocycles. The fraction of sp³-hybridized carbons (Fsp3) is 0.625. The highest BCUT2D eigenvalue weighted by Crippen LogP contribution is 2.37. The van der Waals surface area contributed by atoms with Crippen LogP contribution >= 0.6 is 0 Å². The second-order valence-corrected chi connectivity index (χ2v) is 7.89. The molecule has 7 heteroatoms. The normalized spacial score (nSPS) is 23.0. The molecule has 0 radical (unpaired) electrons. The van der Waals surface area contributed by atoms with Crippen LogP contribution in [-0.4, -0.2) is 21.2 Å². The molecule has 0 saturated heterocycles. The Hall–Kier alpha value is -1.08. The molecule has 0 bridgehead atoms. The van der Waals surface area contributed by atoms with E-state index in [0.717, 1.165) is 5.56 Å². The molecule has 0 amide bonds. The Morgan fingerprint density at radius 2 is 1.74 bits per heavy atom. The third kappa shape index (κ3) is 5.80. The van der Waals surface area contributed by atoms with Gasteiger partial charge in [-0.25, -0.2) is 0 Å². The minimum Gasteiger partial charge on any atom is -0.266 e. The molecule has 0 heterocycles. The summed E-state index contributed by atoms with van der Waals surface area (Å²) < 4.78 is 66.7. The van der Waals surface area contributed by atoms with Crippen molar-refractivity contribution in [3.63, 3.8) is 0 Å². The zero-order valence-corrected chi connectivity index (χ0v) is 13.8. The average molecular weight is 350 g/mol. The van der Waals surface area contributed by atoms with Crippen LogP contribution in [0.1, 0.15) is 37.7 Å². The highest BCUT2D eigenvalue weighted by atomic mass is 32.2. The predicted octanol–water partition coefficient (Wildman–Crippen LogP) is 4.46. The monoisotopic (exact) mass is 350 g/mol. The van der Waals surface area contributed by atoms with Gasteiger partial charge in [-0.2, -0.15) is 21.6 Å². The third-order valence-electron chi connectivity index (χ3n) is 4.18. The Morgan fingerprint density at radius 1 is 1.13 bits per heavy atom. The van der Waals surface area contributed by atoms with Gasteiger partial charge in [0.25, 0.3) is 10.1 Å². The molecule has 0 spiro atoms. The zero-order valence-electron chi connectivity index (χ0n) is 13.0. The molecule has 0 N–H and O–H groups in total. The van der Waals surface area contributed by atoms with E-state index in [1.807, 2.05) is 6.92 Å². The molecule has 2 rings (SSSR count). The van der Waals surface area contributed by atoms with Crippen LogP contribution in [0.15, 0.2) is 29.2 Å². The summed E-state index contributed by atoms with van der Waals surface area (Å²) in [7, 11) is -3.85. The van der Waals surface area contributed by atoms with Gasteiger partial charge in [0.05, 0.1) is 11.5 Å². The van der Waals surface area contributed by atoms with Gasteiger partial charge in [0.2, 0.25) is 0 Å². The van der Waals surface area contributed by atoms with Crippen molar-refractivity contribution in [2.45, 2.75) is 50.1 Å². The van der Waals surface area contributed by atoms with Crippen LogP contribution in [-0.2, 0) is 14.3 Å². The smallest absolute Gasteiger partial charge is 0.266 e. The van der Waals surface area contributed by atoms with Crippen molar-refractivity contribution in [2.24, 2.45) is 11.8 Å². The van der Waals surface area contributed by atoms with E-state index in [4.69, 9.17) is 4.18 Å². The van der Waals surface area contributed by atoms with E-state index in [-0.39, 0.29) is 17.4 Å². The first kappa shape index (κ1) is 18.3. The number of hydrogen-bond acceptors (Lipinski definition) is 3. The number of aryl methyl sites for hydroxylation is 1. The summed E-state index contributed by atoms with van der Waals surface area (Å²) >= 11 is 0. The molecule has 1 aromatic carbocycles. The Bertz CT molecular complexity index is 608. The predicted molar refractivity (Wildman–Crippen MR) is 80.4 cm³/mol. The summed E-state index contributed by atoms with van der Waals surface area (Å²) in [5.41, 5.74) is 0.936. The molecular formula is C16H21F3O3S. The third-order valence-corrected chi connectivity index (χ3v) is 5.48. The molecule has 23 heavy (non-hydrogen) atoms.